The number of aliphatic carboxylic acids is 1. The SMILES string of the molecule is CC1(C(=O)O)CCCCN1Cc1nc2ccccc2s1. The van der Waals surface area contributed by atoms with E-state index in [0.29, 0.717) is 13.0 Å². The van der Waals surface area contributed by atoms with Crippen molar-refractivity contribution in [1.82, 2.24) is 9.88 Å². The number of para-hydroxylation sites is 1. The summed E-state index contributed by atoms with van der Waals surface area (Å²) < 4.78 is 1.16. The molecule has 1 unspecified atom stereocenters. The van der Waals surface area contributed by atoms with Gasteiger partial charge in [0.1, 0.15) is 10.5 Å². The Morgan fingerprint density at radius 1 is 1.45 bits per heavy atom. The van der Waals surface area contributed by atoms with Crippen molar-refractivity contribution in [3.8, 4) is 0 Å². The van der Waals surface area contributed by atoms with Gasteiger partial charge >= 0.3 is 5.97 Å². The van der Waals surface area contributed by atoms with Crippen LogP contribution in [0.1, 0.15) is 31.2 Å². The summed E-state index contributed by atoms with van der Waals surface area (Å²) in [7, 11) is 0. The molecule has 20 heavy (non-hydrogen) atoms. The van der Waals surface area contributed by atoms with Crippen LogP contribution in [0.3, 0.4) is 0 Å². The highest BCUT2D eigenvalue weighted by molar-refractivity contribution is 7.18. The highest BCUT2D eigenvalue weighted by Gasteiger charge is 2.41. The second kappa shape index (κ2) is 5.14. The number of carboxylic acids is 1. The first-order chi connectivity index (χ1) is 9.59. The van der Waals surface area contributed by atoms with Gasteiger partial charge in [-0.25, -0.2) is 4.98 Å². The van der Waals surface area contributed by atoms with Crippen molar-refractivity contribution in [2.75, 3.05) is 6.54 Å². The molecule has 1 N–H and O–H groups in total. The third-order valence-corrected chi connectivity index (χ3v) is 5.19. The largest absolute Gasteiger partial charge is 0.480 e. The molecule has 2 aromatic rings. The molecule has 106 valence electrons. The van der Waals surface area contributed by atoms with Crippen molar-refractivity contribution in [2.24, 2.45) is 0 Å². The second-order valence-corrected chi connectivity index (χ2v) is 6.65. The maximum absolute atomic E-state index is 11.6. The normalized spacial score (nSPS) is 24.1. The van der Waals surface area contributed by atoms with Crippen LogP contribution in [0, 0.1) is 0 Å². The third-order valence-electron chi connectivity index (χ3n) is 4.16. The Bertz CT molecular complexity index is 607. The van der Waals surface area contributed by atoms with E-state index in [1.165, 1.54) is 0 Å². The molecule has 1 aliphatic heterocycles. The average Bonchev–Trinajstić information content (AvgIpc) is 2.83. The Morgan fingerprint density at radius 3 is 3.00 bits per heavy atom. The van der Waals surface area contributed by atoms with Crippen LogP contribution in [0.4, 0.5) is 0 Å². The minimum absolute atomic E-state index is 0.627. The highest BCUT2D eigenvalue weighted by atomic mass is 32.1. The van der Waals surface area contributed by atoms with Gasteiger partial charge in [0.05, 0.1) is 16.8 Å². The van der Waals surface area contributed by atoms with Crippen molar-refractivity contribution < 1.29 is 9.90 Å². The molecule has 0 radical (unpaired) electrons. The number of likely N-dealkylation sites (tertiary alicyclic amines) is 1. The smallest absolute Gasteiger partial charge is 0.323 e. The molecule has 0 aliphatic carbocycles. The molecular weight excluding hydrogens is 272 g/mol. The van der Waals surface area contributed by atoms with Crippen molar-refractivity contribution >= 4 is 27.5 Å². The van der Waals surface area contributed by atoms with E-state index in [9.17, 15) is 9.90 Å². The predicted molar refractivity (Wildman–Crippen MR) is 79.9 cm³/mol. The Hall–Kier alpha value is -1.46. The number of aromatic nitrogens is 1. The molecular formula is C15H18N2O2S. The van der Waals surface area contributed by atoms with Crippen LogP contribution in [0.15, 0.2) is 24.3 Å². The summed E-state index contributed by atoms with van der Waals surface area (Å²) in [5.74, 6) is -0.724. The van der Waals surface area contributed by atoms with Gasteiger partial charge < -0.3 is 5.11 Å². The van der Waals surface area contributed by atoms with E-state index in [1.807, 2.05) is 25.1 Å². The summed E-state index contributed by atoms with van der Waals surface area (Å²) in [6.07, 6.45) is 2.76. The minimum Gasteiger partial charge on any atom is -0.480 e. The molecule has 0 bridgehead atoms. The molecule has 0 saturated carbocycles. The molecule has 0 spiro atoms. The monoisotopic (exact) mass is 290 g/mol. The van der Waals surface area contributed by atoms with Gasteiger partial charge in [0, 0.05) is 0 Å². The lowest BCUT2D eigenvalue weighted by atomic mass is 9.88. The van der Waals surface area contributed by atoms with Gasteiger partial charge in [-0.05, 0) is 44.9 Å². The van der Waals surface area contributed by atoms with E-state index < -0.39 is 11.5 Å². The van der Waals surface area contributed by atoms with Crippen LogP contribution in [-0.4, -0.2) is 33.0 Å². The number of thiazole rings is 1. The fourth-order valence-electron chi connectivity index (χ4n) is 2.82. The lowest BCUT2D eigenvalue weighted by Crippen LogP contribution is -2.54. The first kappa shape index (κ1) is 13.5. The number of hydrogen-bond donors (Lipinski definition) is 1. The van der Waals surface area contributed by atoms with Gasteiger partial charge in [-0.2, -0.15) is 0 Å². The summed E-state index contributed by atoms with van der Waals surface area (Å²) in [5.41, 5.74) is 0.248. The summed E-state index contributed by atoms with van der Waals surface area (Å²) >= 11 is 1.66. The lowest BCUT2D eigenvalue weighted by molar-refractivity contribution is -0.153. The van der Waals surface area contributed by atoms with E-state index in [1.54, 1.807) is 11.3 Å². The zero-order valence-electron chi connectivity index (χ0n) is 11.5. The van der Waals surface area contributed by atoms with Gasteiger partial charge in [0.2, 0.25) is 0 Å². The van der Waals surface area contributed by atoms with Gasteiger partial charge in [-0.1, -0.05) is 12.1 Å². The van der Waals surface area contributed by atoms with Crippen LogP contribution in [0.5, 0.6) is 0 Å². The van der Waals surface area contributed by atoms with Crippen LogP contribution in [0.2, 0.25) is 0 Å². The van der Waals surface area contributed by atoms with Crippen molar-refractivity contribution in [3.63, 3.8) is 0 Å². The predicted octanol–water partition coefficient (Wildman–Crippen LogP) is 3.13. The van der Waals surface area contributed by atoms with E-state index in [-0.39, 0.29) is 0 Å². The molecule has 1 aromatic carbocycles. The van der Waals surface area contributed by atoms with Crippen molar-refractivity contribution in [3.05, 3.63) is 29.3 Å². The number of fused-ring (bicyclic) bond motifs is 1. The van der Waals surface area contributed by atoms with Crippen molar-refractivity contribution in [1.29, 1.82) is 0 Å². The quantitative estimate of drug-likeness (QED) is 0.943. The molecule has 4 nitrogen and oxygen atoms in total. The third kappa shape index (κ3) is 2.31. The molecule has 1 aromatic heterocycles. The maximum Gasteiger partial charge on any atom is 0.323 e. The van der Waals surface area contributed by atoms with Gasteiger partial charge in [-0.3, -0.25) is 9.69 Å². The lowest BCUT2D eigenvalue weighted by Gasteiger charge is -2.41. The highest BCUT2D eigenvalue weighted by Crippen LogP contribution is 2.31. The number of nitrogens with zero attached hydrogens (tertiary/aromatic N) is 2. The molecule has 2 heterocycles. The molecule has 1 saturated heterocycles. The van der Waals surface area contributed by atoms with Gasteiger partial charge in [0.25, 0.3) is 0 Å². The standard InChI is InChI=1S/C15H18N2O2S/c1-15(14(18)19)8-4-5-9-17(15)10-13-16-11-6-2-3-7-12(11)20-13/h2-3,6-7H,4-5,8-10H2,1H3,(H,18,19). The summed E-state index contributed by atoms with van der Waals surface area (Å²) in [6.45, 7) is 3.29. The summed E-state index contributed by atoms with van der Waals surface area (Å²) in [6, 6.07) is 8.05. The molecule has 1 fully saturated rings. The Labute approximate surface area is 122 Å². The zero-order valence-corrected chi connectivity index (χ0v) is 12.3. The number of carbonyl (C=O) groups is 1. The fraction of sp³-hybridized carbons (Fsp3) is 0.467. The Balaban J connectivity index is 1.86. The Morgan fingerprint density at radius 2 is 2.25 bits per heavy atom. The first-order valence-corrected chi connectivity index (χ1v) is 7.74. The number of benzene rings is 1. The molecule has 1 atom stereocenters. The topological polar surface area (TPSA) is 53.4 Å². The van der Waals surface area contributed by atoms with Crippen LogP contribution >= 0.6 is 11.3 Å². The van der Waals surface area contributed by atoms with E-state index in [4.69, 9.17) is 0 Å². The second-order valence-electron chi connectivity index (χ2n) is 5.53. The number of hydrogen-bond acceptors (Lipinski definition) is 4. The van der Waals surface area contributed by atoms with Gasteiger partial charge in [0.15, 0.2) is 0 Å². The number of rotatable bonds is 3. The van der Waals surface area contributed by atoms with Crippen LogP contribution in [-0.2, 0) is 11.3 Å². The first-order valence-electron chi connectivity index (χ1n) is 6.92. The summed E-state index contributed by atoms with van der Waals surface area (Å²) in [4.78, 5) is 18.3. The van der Waals surface area contributed by atoms with E-state index in [0.717, 1.165) is 34.6 Å². The fourth-order valence-corrected chi connectivity index (χ4v) is 3.81. The van der Waals surface area contributed by atoms with Crippen molar-refractivity contribution in [2.45, 2.75) is 38.3 Å². The van der Waals surface area contributed by atoms with Gasteiger partial charge in [-0.15, -0.1) is 11.3 Å². The molecule has 1 aliphatic rings. The Kier molecular flexibility index (Phi) is 3.48. The average molecular weight is 290 g/mol. The molecule has 5 heteroatoms. The van der Waals surface area contributed by atoms with E-state index in [2.05, 4.69) is 16.0 Å². The number of piperidine rings is 1. The minimum atomic E-state index is -0.754. The molecule has 0 amide bonds. The summed E-state index contributed by atoms with van der Waals surface area (Å²) in [5, 5.41) is 10.5. The van der Waals surface area contributed by atoms with E-state index >= 15 is 0 Å². The molecule has 3 rings (SSSR count). The van der Waals surface area contributed by atoms with Crippen LogP contribution < -0.4 is 0 Å². The zero-order chi connectivity index (χ0) is 14.2. The number of carboxylic acid groups (broad SMARTS) is 1. The van der Waals surface area contributed by atoms with Crippen LogP contribution in [0.25, 0.3) is 10.2 Å². The maximum atomic E-state index is 11.6.